The molecular formula is C29H29ClN4O4S. The lowest BCUT2D eigenvalue weighted by atomic mass is 9.88. The summed E-state index contributed by atoms with van der Waals surface area (Å²) in [5.41, 5.74) is 5.35. The Labute approximate surface area is 235 Å². The molecule has 1 aromatic carbocycles. The Kier molecular flexibility index (Phi) is 7.60. The van der Waals surface area contributed by atoms with Gasteiger partial charge in [-0.3, -0.25) is 4.98 Å². The van der Waals surface area contributed by atoms with E-state index in [1.54, 1.807) is 11.4 Å². The summed E-state index contributed by atoms with van der Waals surface area (Å²) >= 11 is 7.71. The first-order valence-electron chi connectivity index (χ1n) is 12.7. The quantitative estimate of drug-likeness (QED) is 0.361. The number of hydrogen-bond donors (Lipinski definition) is 1. The van der Waals surface area contributed by atoms with Crippen molar-refractivity contribution in [3.63, 3.8) is 0 Å². The van der Waals surface area contributed by atoms with E-state index in [9.17, 15) is 14.7 Å². The van der Waals surface area contributed by atoms with Gasteiger partial charge in [0.05, 0.1) is 22.3 Å². The molecule has 0 amide bonds. The predicted octanol–water partition coefficient (Wildman–Crippen LogP) is 5.82. The molecule has 202 valence electrons. The normalized spacial score (nSPS) is 17.4. The van der Waals surface area contributed by atoms with Crippen LogP contribution in [-0.4, -0.2) is 70.9 Å². The van der Waals surface area contributed by atoms with Gasteiger partial charge in [-0.25, -0.2) is 14.6 Å². The van der Waals surface area contributed by atoms with Crippen LogP contribution in [-0.2, 0) is 4.79 Å². The van der Waals surface area contributed by atoms with Gasteiger partial charge in [-0.15, -0.1) is 11.3 Å². The average Bonchev–Trinajstić information content (AvgIpc) is 3.33. The number of carbonyl (C=O) groups excluding carboxylic acids is 1. The van der Waals surface area contributed by atoms with Gasteiger partial charge >= 0.3 is 5.97 Å². The Morgan fingerprint density at radius 1 is 1.28 bits per heavy atom. The largest absolute Gasteiger partial charge is 0.491 e. The third-order valence-electron chi connectivity index (χ3n) is 7.26. The van der Waals surface area contributed by atoms with E-state index in [1.165, 1.54) is 11.3 Å². The minimum atomic E-state index is -1.02. The summed E-state index contributed by atoms with van der Waals surface area (Å²) in [5, 5.41) is 11.8. The van der Waals surface area contributed by atoms with Gasteiger partial charge in [0, 0.05) is 44.5 Å². The number of fused-ring (bicyclic) bond motifs is 1. The number of pyridine rings is 1. The molecule has 0 bridgehead atoms. The monoisotopic (exact) mass is 564 g/mol. The van der Waals surface area contributed by atoms with Crippen molar-refractivity contribution in [2.24, 2.45) is 4.99 Å². The molecular weight excluding hydrogens is 536 g/mol. The van der Waals surface area contributed by atoms with Gasteiger partial charge < -0.3 is 19.6 Å². The number of carboxylic acids is 1. The number of amidine groups is 1. The Balaban J connectivity index is 1.41. The molecule has 0 fully saturated rings. The number of carbonyl (C=O) groups is 1. The molecule has 3 aromatic rings. The fraction of sp³-hybridized carbons (Fsp3) is 0.345. The van der Waals surface area contributed by atoms with E-state index in [1.807, 2.05) is 36.9 Å². The number of carboxylic acid groups (broad SMARTS) is 1. The number of halogens is 1. The van der Waals surface area contributed by atoms with E-state index in [2.05, 4.69) is 29.9 Å². The first-order valence-corrected chi connectivity index (χ1v) is 13.9. The summed E-state index contributed by atoms with van der Waals surface area (Å²) in [6, 6.07) is 7.65. The van der Waals surface area contributed by atoms with Crippen molar-refractivity contribution in [3.8, 4) is 16.9 Å². The number of ether oxygens (including phenoxy) is 1. The maximum atomic E-state index is 12.2. The van der Waals surface area contributed by atoms with Crippen LogP contribution < -0.4 is 4.74 Å². The lowest BCUT2D eigenvalue weighted by molar-refractivity contribution is 0.0699. The van der Waals surface area contributed by atoms with Crippen molar-refractivity contribution in [2.75, 3.05) is 27.2 Å². The topological polar surface area (TPSA) is 95.3 Å². The molecule has 1 unspecified atom stereocenters. The molecule has 1 N–H and O–H groups in total. The first-order chi connectivity index (χ1) is 18.7. The van der Waals surface area contributed by atoms with Crippen molar-refractivity contribution in [1.82, 2.24) is 14.8 Å². The van der Waals surface area contributed by atoms with Crippen LogP contribution >= 0.6 is 22.9 Å². The van der Waals surface area contributed by atoms with Crippen LogP contribution in [0.15, 0.2) is 51.6 Å². The molecule has 8 nitrogen and oxygen atoms in total. The number of aromatic carboxylic acids is 1. The van der Waals surface area contributed by atoms with E-state index >= 15 is 0 Å². The zero-order valence-electron chi connectivity index (χ0n) is 22.2. The number of rotatable bonds is 7. The highest BCUT2D eigenvalue weighted by molar-refractivity contribution is 7.18. The van der Waals surface area contributed by atoms with Crippen molar-refractivity contribution in [3.05, 3.63) is 62.9 Å². The molecule has 1 aliphatic heterocycles. The van der Waals surface area contributed by atoms with Crippen molar-refractivity contribution in [1.29, 1.82) is 0 Å². The number of aromatic nitrogens is 1. The number of allylic oxidation sites excluding steroid dienone is 2. The molecule has 3 heterocycles. The second-order valence-corrected chi connectivity index (χ2v) is 11.3. The molecule has 10 heteroatoms. The molecule has 1 aliphatic carbocycles. The van der Waals surface area contributed by atoms with Crippen LogP contribution in [0.2, 0.25) is 5.02 Å². The number of aliphatic imine (C=N–C) groups is 1. The van der Waals surface area contributed by atoms with Gasteiger partial charge in [-0.05, 0) is 71.5 Å². The van der Waals surface area contributed by atoms with Gasteiger partial charge in [0.25, 0.3) is 0 Å². The van der Waals surface area contributed by atoms with E-state index in [0.717, 1.165) is 52.2 Å². The lowest BCUT2D eigenvalue weighted by Gasteiger charge is -2.37. The van der Waals surface area contributed by atoms with Crippen LogP contribution in [0.5, 0.6) is 5.75 Å². The number of aryl methyl sites for hydroxylation is 1. The van der Waals surface area contributed by atoms with Crippen molar-refractivity contribution < 1.29 is 19.4 Å². The predicted molar refractivity (Wildman–Crippen MR) is 155 cm³/mol. The van der Waals surface area contributed by atoms with E-state index in [4.69, 9.17) is 21.3 Å². The summed E-state index contributed by atoms with van der Waals surface area (Å²) in [6.45, 7) is 4.43. The van der Waals surface area contributed by atoms with Gasteiger partial charge in [0.2, 0.25) is 0 Å². The van der Waals surface area contributed by atoms with Gasteiger partial charge in [-0.1, -0.05) is 11.6 Å². The van der Waals surface area contributed by atoms with Gasteiger partial charge in [-0.2, -0.15) is 0 Å². The highest BCUT2D eigenvalue weighted by Crippen LogP contribution is 2.41. The Hall–Kier alpha value is -3.49. The molecule has 0 radical (unpaired) electrons. The molecule has 0 spiro atoms. The smallest absolute Gasteiger partial charge is 0.338 e. The van der Waals surface area contributed by atoms with E-state index < -0.39 is 5.97 Å². The number of nitrogens with zero attached hydrogens (tertiary/aromatic N) is 4. The highest BCUT2D eigenvalue weighted by atomic mass is 35.5. The van der Waals surface area contributed by atoms with Crippen LogP contribution in [0.25, 0.3) is 21.3 Å². The number of benzene rings is 1. The highest BCUT2D eigenvalue weighted by Gasteiger charge is 2.32. The summed E-state index contributed by atoms with van der Waals surface area (Å²) in [4.78, 5) is 37.3. The minimum Gasteiger partial charge on any atom is -0.491 e. The Morgan fingerprint density at radius 2 is 2.08 bits per heavy atom. The Morgan fingerprint density at radius 3 is 2.79 bits per heavy atom. The fourth-order valence-corrected chi connectivity index (χ4v) is 6.44. The van der Waals surface area contributed by atoms with E-state index in [0.29, 0.717) is 40.3 Å². The van der Waals surface area contributed by atoms with Crippen molar-refractivity contribution in [2.45, 2.75) is 39.2 Å². The second-order valence-electron chi connectivity index (χ2n) is 9.98. The fourth-order valence-electron chi connectivity index (χ4n) is 5.25. The molecule has 2 aliphatic rings. The summed E-state index contributed by atoms with van der Waals surface area (Å²) in [7, 11) is 4.12. The van der Waals surface area contributed by atoms with E-state index in [-0.39, 0.29) is 12.2 Å². The third-order valence-corrected chi connectivity index (χ3v) is 8.50. The second kappa shape index (κ2) is 10.9. The SMILES string of the molecule is CC1=NC2=C(CC(N(C)C)CC2)C(=C=O)N1CCOc1ccc(Cl)cc1-c1cc(C)nc2c(C(=O)O)csc12. The molecule has 0 saturated carbocycles. The maximum absolute atomic E-state index is 12.2. The summed E-state index contributed by atoms with van der Waals surface area (Å²) in [5.74, 6) is 2.52. The molecule has 2 aromatic heterocycles. The molecule has 1 atom stereocenters. The third kappa shape index (κ3) is 5.23. The molecule has 39 heavy (non-hydrogen) atoms. The maximum Gasteiger partial charge on any atom is 0.338 e. The Bertz CT molecular complexity index is 1590. The van der Waals surface area contributed by atoms with Gasteiger partial charge in [0.15, 0.2) is 5.94 Å². The zero-order valence-corrected chi connectivity index (χ0v) is 23.8. The minimum absolute atomic E-state index is 0.172. The number of hydrogen-bond acceptors (Lipinski definition) is 8. The first kappa shape index (κ1) is 27.1. The van der Waals surface area contributed by atoms with Crippen LogP contribution in [0.3, 0.4) is 0 Å². The summed E-state index contributed by atoms with van der Waals surface area (Å²) in [6.07, 6.45) is 2.61. The zero-order chi connectivity index (χ0) is 27.8. The van der Waals surface area contributed by atoms with Crippen LogP contribution in [0, 0.1) is 6.92 Å². The van der Waals surface area contributed by atoms with Gasteiger partial charge in [0.1, 0.15) is 23.9 Å². The van der Waals surface area contributed by atoms with Crippen LogP contribution in [0.1, 0.15) is 42.2 Å². The summed E-state index contributed by atoms with van der Waals surface area (Å²) < 4.78 is 7.03. The molecule has 5 rings (SSSR count). The van der Waals surface area contributed by atoms with Crippen molar-refractivity contribution >= 4 is 50.9 Å². The lowest BCUT2D eigenvalue weighted by Crippen LogP contribution is -2.39. The average molecular weight is 565 g/mol. The number of thiophene rings is 1. The molecule has 0 saturated heterocycles. The standard InChI is InChI=1S/C29H29ClN4O4S/c1-16-11-21(28-27(31-16)23(15-39-28)29(36)37)20-12-18(30)5-8-26(20)38-10-9-34-17(2)32-24-7-6-19(33(3)4)13-22(24)25(34)14-35/h5,8,11-12,15,19H,6-7,9-10,13H2,1-4H3,(H,36,37). The van der Waals surface area contributed by atoms with Crippen LogP contribution in [0.4, 0.5) is 0 Å².